The zero-order chi connectivity index (χ0) is 7.56. The van der Waals surface area contributed by atoms with Crippen LogP contribution in [0, 0.1) is 0 Å². The fourth-order valence-electron chi connectivity index (χ4n) is 0.808. The van der Waals surface area contributed by atoms with Gasteiger partial charge in [-0.25, -0.2) is 0 Å². The van der Waals surface area contributed by atoms with Crippen LogP contribution in [0.15, 0.2) is 0 Å². The maximum atomic E-state index is 10.9. The lowest BCUT2D eigenvalue weighted by molar-refractivity contribution is -0.124. The smallest absolute Gasteiger partial charge is 0.218 e. The van der Waals surface area contributed by atoms with Crippen LogP contribution in [0.1, 0.15) is 13.3 Å². The Balaban J connectivity index is 2.40. The first-order valence-corrected chi connectivity index (χ1v) is 4.16. The molecule has 1 N–H and O–H groups in total. The monoisotopic (exact) mass is 159 g/mol. The lowest BCUT2D eigenvalue weighted by Gasteiger charge is -2.06. The van der Waals surface area contributed by atoms with E-state index >= 15 is 0 Å². The third-order valence-corrected chi connectivity index (χ3v) is 2.41. The number of ketones is 1. The Labute approximate surface area is 63.6 Å². The van der Waals surface area contributed by atoms with Gasteiger partial charge in [0.05, 0.1) is 0 Å². The predicted octanol–water partition coefficient (Wildman–Crippen LogP) is 0.155. The third kappa shape index (κ3) is 1.73. The number of thioether (sulfide) groups is 1. The molecule has 1 aliphatic heterocycles. The summed E-state index contributed by atoms with van der Waals surface area (Å²) in [6, 6.07) is 0. The second-order valence-electron chi connectivity index (χ2n) is 2.17. The summed E-state index contributed by atoms with van der Waals surface area (Å²) < 4.78 is 0. The van der Waals surface area contributed by atoms with E-state index < -0.39 is 0 Å². The minimum atomic E-state index is -0.266. The van der Waals surface area contributed by atoms with Crippen LogP contribution in [-0.2, 0) is 9.59 Å². The molecule has 0 saturated carbocycles. The van der Waals surface area contributed by atoms with E-state index in [1.54, 1.807) is 0 Å². The minimum Gasteiger partial charge on any atom is -0.338 e. The Kier molecular flexibility index (Phi) is 2.32. The van der Waals surface area contributed by atoms with Gasteiger partial charge in [0, 0.05) is 19.1 Å². The maximum Gasteiger partial charge on any atom is 0.218 e. The van der Waals surface area contributed by atoms with E-state index in [0.29, 0.717) is 6.42 Å². The summed E-state index contributed by atoms with van der Waals surface area (Å²) in [5.74, 6) is 0.844. The zero-order valence-corrected chi connectivity index (χ0v) is 6.53. The molecule has 1 rings (SSSR count). The molecule has 0 aromatic carbocycles. The number of hydrogen-bond donors (Lipinski definition) is 1. The van der Waals surface area contributed by atoms with Crippen LogP contribution in [0.5, 0.6) is 0 Å². The largest absolute Gasteiger partial charge is 0.338 e. The number of Topliss-reactive ketones (excluding diaryl/α,β-unsaturated/α-hetero) is 1. The molecule has 1 atom stereocenters. The van der Waals surface area contributed by atoms with Crippen LogP contribution in [0.25, 0.3) is 0 Å². The molecule has 0 aromatic rings. The normalized spacial score (nSPS) is 24.9. The summed E-state index contributed by atoms with van der Waals surface area (Å²) in [5.41, 5.74) is 0. The Morgan fingerprint density at radius 1 is 1.80 bits per heavy atom. The number of carbonyl (C=O) groups is 2. The van der Waals surface area contributed by atoms with Crippen molar-refractivity contribution >= 4 is 23.5 Å². The van der Waals surface area contributed by atoms with Crippen molar-refractivity contribution in [2.24, 2.45) is 0 Å². The van der Waals surface area contributed by atoms with E-state index in [2.05, 4.69) is 5.32 Å². The molecule has 4 heteroatoms. The highest BCUT2D eigenvalue weighted by Gasteiger charge is 2.25. The molecule has 1 heterocycles. The highest BCUT2D eigenvalue weighted by atomic mass is 32.2. The number of hydrogen-bond acceptors (Lipinski definition) is 3. The zero-order valence-electron chi connectivity index (χ0n) is 5.72. The van der Waals surface area contributed by atoms with Crippen molar-refractivity contribution < 1.29 is 9.59 Å². The van der Waals surface area contributed by atoms with Crippen LogP contribution in [-0.4, -0.2) is 22.8 Å². The molecule has 56 valence electrons. The number of carbonyl (C=O) groups excluding carboxylic acids is 2. The topological polar surface area (TPSA) is 46.2 Å². The first-order chi connectivity index (χ1) is 4.70. The van der Waals surface area contributed by atoms with Gasteiger partial charge in [-0.1, -0.05) is 0 Å². The van der Waals surface area contributed by atoms with Crippen molar-refractivity contribution in [3.8, 4) is 0 Å². The summed E-state index contributed by atoms with van der Waals surface area (Å²) in [7, 11) is 0. The van der Waals surface area contributed by atoms with Crippen molar-refractivity contribution in [1.82, 2.24) is 5.32 Å². The molecule has 1 saturated heterocycles. The van der Waals surface area contributed by atoms with Gasteiger partial charge in [-0.2, -0.15) is 0 Å². The van der Waals surface area contributed by atoms with Gasteiger partial charge in [0.2, 0.25) is 5.91 Å². The van der Waals surface area contributed by atoms with Crippen LogP contribution in [0.3, 0.4) is 0 Å². The first-order valence-electron chi connectivity index (χ1n) is 3.11. The van der Waals surface area contributed by atoms with Gasteiger partial charge in [-0.3, -0.25) is 9.59 Å². The van der Waals surface area contributed by atoms with E-state index in [0.717, 1.165) is 5.75 Å². The molecule has 0 bridgehead atoms. The molecular formula is C6H9NO2S. The van der Waals surface area contributed by atoms with Gasteiger partial charge in [-0.05, 0) is 0 Å². The third-order valence-electron chi connectivity index (χ3n) is 1.26. The Bertz CT molecular complexity index is 169. The quantitative estimate of drug-likeness (QED) is 0.592. The number of nitrogens with one attached hydrogen (secondary N) is 1. The summed E-state index contributed by atoms with van der Waals surface area (Å²) in [6.07, 6.45) is 0.593. The molecule has 1 aliphatic rings. The fraction of sp³-hybridized carbons (Fsp3) is 0.667. The van der Waals surface area contributed by atoms with Crippen LogP contribution in [0.4, 0.5) is 0 Å². The highest BCUT2D eigenvalue weighted by molar-refractivity contribution is 8.01. The average Bonchev–Trinajstić information content (AvgIpc) is 2.15. The Morgan fingerprint density at radius 2 is 2.50 bits per heavy atom. The molecule has 1 amide bonds. The van der Waals surface area contributed by atoms with Crippen molar-refractivity contribution in [2.45, 2.75) is 18.7 Å². The minimum absolute atomic E-state index is 0.132. The van der Waals surface area contributed by atoms with Gasteiger partial charge in [0.25, 0.3) is 0 Å². The highest BCUT2D eigenvalue weighted by Crippen LogP contribution is 2.20. The van der Waals surface area contributed by atoms with Gasteiger partial charge in [0.1, 0.15) is 5.37 Å². The van der Waals surface area contributed by atoms with E-state index in [-0.39, 0.29) is 17.1 Å². The molecule has 0 aliphatic carbocycles. The van der Waals surface area contributed by atoms with Gasteiger partial charge >= 0.3 is 0 Å². The number of amides is 1. The summed E-state index contributed by atoms with van der Waals surface area (Å²) >= 11 is 1.50. The molecule has 0 spiro atoms. The van der Waals surface area contributed by atoms with Gasteiger partial charge in [0.15, 0.2) is 5.78 Å². The molecular weight excluding hydrogens is 150 g/mol. The maximum absolute atomic E-state index is 10.9. The SMILES string of the molecule is CC(=O)NC1SCCC1=O. The van der Waals surface area contributed by atoms with Crippen molar-refractivity contribution in [1.29, 1.82) is 0 Å². The standard InChI is InChI=1S/C6H9NO2S/c1-4(8)7-6-5(9)2-3-10-6/h6H,2-3H2,1H3,(H,7,8). The summed E-state index contributed by atoms with van der Waals surface area (Å²) in [4.78, 5) is 21.3. The van der Waals surface area contributed by atoms with E-state index in [9.17, 15) is 9.59 Å². The van der Waals surface area contributed by atoms with Crippen molar-refractivity contribution in [3.63, 3.8) is 0 Å². The Hall–Kier alpha value is -0.510. The van der Waals surface area contributed by atoms with Crippen molar-refractivity contribution in [2.75, 3.05) is 5.75 Å². The van der Waals surface area contributed by atoms with E-state index in [1.165, 1.54) is 18.7 Å². The second-order valence-corrected chi connectivity index (χ2v) is 3.38. The number of rotatable bonds is 1. The first kappa shape index (κ1) is 7.60. The Morgan fingerprint density at radius 3 is 2.90 bits per heavy atom. The molecule has 1 unspecified atom stereocenters. The van der Waals surface area contributed by atoms with Crippen molar-refractivity contribution in [3.05, 3.63) is 0 Å². The molecule has 3 nitrogen and oxygen atoms in total. The predicted molar refractivity (Wildman–Crippen MR) is 39.7 cm³/mol. The molecule has 1 fully saturated rings. The molecule has 10 heavy (non-hydrogen) atoms. The molecule has 0 aromatic heterocycles. The average molecular weight is 159 g/mol. The second kappa shape index (κ2) is 3.05. The van der Waals surface area contributed by atoms with Crippen LogP contribution < -0.4 is 5.32 Å². The summed E-state index contributed by atoms with van der Waals surface area (Å²) in [6.45, 7) is 1.42. The molecule has 0 radical (unpaired) electrons. The lowest BCUT2D eigenvalue weighted by Crippen LogP contribution is -2.33. The van der Waals surface area contributed by atoms with Gasteiger partial charge < -0.3 is 5.32 Å². The fourth-order valence-corrected chi connectivity index (χ4v) is 1.92. The van der Waals surface area contributed by atoms with Gasteiger partial charge in [-0.15, -0.1) is 11.8 Å². The van der Waals surface area contributed by atoms with Crippen LogP contribution in [0.2, 0.25) is 0 Å². The summed E-state index contributed by atoms with van der Waals surface area (Å²) in [5, 5.41) is 2.30. The van der Waals surface area contributed by atoms with Crippen LogP contribution >= 0.6 is 11.8 Å². The van der Waals surface area contributed by atoms with E-state index in [1.807, 2.05) is 0 Å². The van der Waals surface area contributed by atoms with E-state index in [4.69, 9.17) is 0 Å². The lowest BCUT2D eigenvalue weighted by atomic mass is 10.3.